The fraction of sp³-hybridized carbons (Fsp3) is 0.278. The number of piperidine rings is 1. The first kappa shape index (κ1) is 21.5. The van der Waals surface area contributed by atoms with E-state index in [0.717, 1.165) is 25.3 Å². The van der Waals surface area contributed by atoms with Crippen molar-refractivity contribution < 1.29 is 18.1 Å². The summed E-state index contributed by atoms with van der Waals surface area (Å²) in [5.74, 6) is -0.631. The molecule has 0 aliphatic carbocycles. The number of hydrogen-bond donors (Lipinski definition) is 1. The van der Waals surface area contributed by atoms with E-state index in [-0.39, 0.29) is 31.9 Å². The van der Waals surface area contributed by atoms with Crippen molar-refractivity contribution in [2.24, 2.45) is 0 Å². The molecule has 0 saturated carbocycles. The van der Waals surface area contributed by atoms with Crippen molar-refractivity contribution in [2.45, 2.75) is 24.2 Å². The molecule has 2 aromatic carbocycles. The molecule has 1 fully saturated rings. The molecule has 0 unspecified atom stereocenters. The van der Waals surface area contributed by atoms with Crippen molar-refractivity contribution in [1.82, 2.24) is 4.31 Å². The fourth-order valence-corrected chi connectivity index (χ4v) is 5.22. The first-order valence-corrected chi connectivity index (χ1v) is 10.9. The molecule has 1 N–H and O–H groups in total. The number of sulfonamides is 1. The molecule has 3 rings (SSSR count). The van der Waals surface area contributed by atoms with E-state index < -0.39 is 20.9 Å². The van der Waals surface area contributed by atoms with Gasteiger partial charge < -0.3 is 5.32 Å². The van der Waals surface area contributed by atoms with Gasteiger partial charge in [0.25, 0.3) is 11.6 Å². The van der Waals surface area contributed by atoms with Crippen LogP contribution in [0.1, 0.15) is 29.6 Å². The topological polar surface area (TPSA) is 110 Å². The number of nitro groups is 1. The van der Waals surface area contributed by atoms with Gasteiger partial charge in [0, 0.05) is 30.4 Å². The van der Waals surface area contributed by atoms with Crippen LogP contribution in [-0.4, -0.2) is 36.6 Å². The Balaban J connectivity index is 1.88. The molecule has 8 nitrogen and oxygen atoms in total. The van der Waals surface area contributed by atoms with Crippen LogP contribution in [0.5, 0.6) is 0 Å². The maximum absolute atomic E-state index is 12.9. The van der Waals surface area contributed by atoms with Crippen LogP contribution in [0.3, 0.4) is 0 Å². The van der Waals surface area contributed by atoms with Crippen molar-refractivity contribution in [3.63, 3.8) is 0 Å². The first-order chi connectivity index (χ1) is 13.7. The van der Waals surface area contributed by atoms with Crippen molar-refractivity contribution in [2.75, 3.05) is 18.4 Å². The number of halogens is 2. The predicted molar refractivity (Wildman–Crippen MR) is 110 cm³/mol. The van der Waals surface area contributed by atoms with Crippen molar-refractivity contribution in [3.8, 4) is 0 Å². The van der Waals surface area contributed by atoms with Gasteiger partial charge in [-0.1, -0.05) is 29.6 Å². The van der Waals surface area contributed by atoms with E-state index >= 15 is 0 Å². The monoisotopic (exact) mass is 457 g/mol. The number of anilines is 1. The van der Waals surface area contributed by atoms with Crippen LogP contribution in [0.4, 0.5) is 11.4 Å². The Kier molecular flexibility index (Phi) is 6.42. The highest BCUT2D eigenvalue weighted by Crippen LogP contribution is 2.30. The highest BCUT2D eigenvalue weighted by Gasteiger charge is 2.29. The van der Waals surface area contributed by atoms with E-state index in [1.54, 1.807) is 0 Å². The summed E-state index contributed by atoms with van der Waals surface area (Å²) in [6, 6.07) is 7.78. The lowest BCUT2D eigenvalue weighted by Crippen LogP contribution is -2.35. The molecule has 0 aromatic heterocycles. The summed E-state index contributed by atoms with van der Waals surface area (Å²) in [5.41, 5.74) is -0.141. The Morgan fingerprint density at radius 3 is 2.34 bits per heavy atom. The maximum atomic E-state index is 12.9. The fourth-order valence-electron chi connectivity index (χ4n) is 3.02. The largest absolute Gasteiger partial charge is 0.322 e. The van der Waals surface area contributed by atoms with Gasteiger partial charge in [0.2, 0.25) is 10.0 Å². The van der Waals surface area contributed by atoms with Crippen molar-refractivity contribution in [1.29, 1.82) is 0 Å². The number of amides is 1. The molecule has 154 valence electrons. The molecule has 0 bridgehead atoms. The van der Waals surface area contributed by atoms with Gasteiger partial charge in [-0.3, -0.25) is 14.9 Å². The van der Waals surface area contributed by atoms with Crippen LogP contribution >= 0.6 is 23.2 Å². The summed E-state index contributed by atoms with van der Waals surface area (Å²) < 4.78 is 27.2. The molecular formula is C18H17Cl2N3O5S. The minimum Gasteiger partial charge on any atom is -0.322 e. The van der Waals surface area contributed by atoms with Crippen LogP contribution in [0.2, 0.25) is 10.0 Å². The summed E-state index contributed by atoms with van der Waals surface area (Å²) in [6.07, 6.45) is 2.51. The number of rotatable bonds is 5. The van der Waals surface area contributed by atoms with Crippen LogP contribution in [0.25, 0.3) is 0 Å². The number of nitrogens with one attached hydrogen (secondary N) is 1. The Bertz CT molecular complexity index is 1070. The lowest BCUT2D eigenvalue weighted by molar-refractivity contribution is -0.384. The van der Waals surface area contributed by atoms with Gasteiger partial charge >= 0.3 is 0 Å². The number of hydrogen-bond acceptors (Lipinski definition) is 5. The van der Waals surface area contributed by atoms with Crippen LogP contribution in [0, 0.1) is 10.1 Å². The molecule has 11 heteroatoms. The number of nitrogens with zero attached hydrogens (tertiary/aromatic N) is 2. The third kappa shape index (κ3) is 4.69. The average molecular weight is 458 g/mol. The number of carbonyl (C=O) groups is 1. The Morgan fingerprint density at radius 2 is 1.69 bits per heavy atom. The normalized spacial score (nSPS) is 15.1. The molecule has 29 heavy (non-hydrogen) atoms. The molecule has 1 amide bonds. The number of carbonyl (C=O) groups excluding carboxylic acids is 1. The second-order valence-electron chi connectivity index (χ2n) is 6.49. The zero-order valence-corrected chi connectivity index (χ0v) is 17.4. The van der Waals surface area contributed by atoms with Gasteiger partial charge in [-0.2, -0.15) is 4.31 Å². The van der Waals surface area contributed by atoms with Crippen LogP contribution < -0.4 is 5.32 Å². The standard InChI is InChI=1S/C18H17Cl2N3O5S/c19-14-7-5-13(11-16(14)23(25)26)21-18(24)12-4-6-15(20)17(10-12)29(27,28)22-8-2-1-3-9-22/h4-7,10-11H,1-3,8-9H2,(H,21,24). The minimum atomic E-state index is -3.83. The lowest BCUT2D eigenvalue weighted by atomic mass is 10.2. The molecule has 1 heterocycles. The summed E-state index contributed by atoms with van der Waals surface area (Å²) in [4.78, 5) is 22.8. The second kappa shape index (κ2) is 8.66. The van der Waals surface area contributed by atoms with Gasteiger partial charge in [0.1, 0.15) is 9.92 Å². The van der Waals surface area contributed by atoms with Crippen LogP contribution in [0.15, 0.2) is 41.3 Å². The van der Waals surface area contributed by atoms with E-state index in [1.165, 1.54) is 34.6 Å². The molecular weight excluding hydrogens is 441 g/mol. The van der Waals surface area contributed by atoms with E-state index in [4.69, 9.17) is 23.2 Å². The SMILES string of the molecule is O=C(Nc1ccc(Cl)c([N+](=O)[O-])c1)c1ccc(Cl)c(S(=O)(=O)N2CCCCC2)c1. The van der Waals surface area contributed by atoms with E-state index in [2.05, 4.69) is 5.32 Å². The molecule has 0 atom stereocenters. The van der Waals surface area contributed by atoms with E-state index in [1.807, 2.05) is 0 Å². The summed E-state index contributed by atoms with van der Waals surface area (Å²) >= 11 is 11.9. The molecule has 1 saturated heterocycles. The van der Waals surface area contributed by atoms with E-state index in [0.29, 0.717) is 13.1 Å². The molecule has 1 aliphatic rings. The smallest absolute Gasteiger partial charge is 0.289 e. The van der Waals surface area contributed by atoms with Gasteiger partial charge in [-0.15, -0.1) is 0 Å². The Morgan fingerprint density at radius 1 is 1.03 bits per heavy atom. The summed E-state index contributed by atoms with van der Waals surface area (Å²) in [5, 5.41) is 13.5. The van der Waals surface area contributed by atoms with Gasteiger partial charge in [-0.25, -0.2) is 8.42 Å². The van der Waals surface area contributed by atoms with Gasteiger partial charge in [0.15, 0.2) is 0 Å². The third-order valence-electron chi connectivity index (χ3n) is 4.53. The quantitative estimate of drug-likeness (QED) is 0.530. The summed E-state index contributed by atoms with van der Waals surface area (Å²) in [6.45, 7) is 0.813. The highest BCUT2D eigenvalue weighted by molar-refractivity contribution is 7.89. The Labute approximate surface area is 177 Å². The molecule has 0 radical (unpaired) electrons. The van der Waals surface area contributed by atoms with Gasteiger partial charge in [-0.05, 0) is 43.2 Å². The van der Waals surface area contributed by atoms with Crippen molar-refractivity contribution in [3.05, 3.63) is 62.1 Å². The number of benzene rings is 2. The van der Waals surface area contributed by atoms with E-state index in [9.17, 15) is 23.3 Å². The Hall–Kier alpha value is -2.20. The highest BCUT2D eigenvalue weighted by atomic mass is 35.5. The zero-order valence-electron chi connectivity index (χ0n) is 15.1. The molecule has 2 aromatic rings. The predicted octanol–water partition coefficient (Wildman–Crippen LogP) is 4.33. The third-order valence-corrected chi connectivity index (χ3v) is 7.23. The van der Waals surface area contributed by atoms with Gasteiger partial charge in [0.05, 0.1) is 9.95 Å². The number of nitro benzene ring substituents is 1. The zero-order chi connectivity index (χ0) is 21.2. The summed E-state index contributed by atoms with van der Waals surface area (Å²) in [7, 11) is -3.83. The lowest BCUT2D eigenvalue weighted by Gasteiger charge is -2.26. The molecule has 1 aliphatic heterocycles. The minimum absolute atomic E-state index is 0.0225. The molecule has 0 spiro atoms. The second-order valence-corrected chi connectivity index (χ2v) is 9.21. The van der Waals surface area contributed by atoms with Crippen LogP contribution in [-0.2, 0) is 10.0 Å². The average Bonchev–Trinajstić information content (AvgIpc) is 2.70. The maximum Gasteiger partial charge on any atom is 0.289 e. The van der Waals surface area contributed by atoms with Crippen molar-refractivity contribution >= 4 is 50.5 Å². The first-order valence-electron chi connectivity index (χ1n) is 8.75.